The Labute approximate surface area is 319 Å². The van der Waals surface area contributed by atoms with Gasteiger partial charge in [0.2, 0.25) is 17.7 Å². The van der Waals surface area contributed by atoms with E-state index in [1.165, 1.54) is 0 Å². The number of nitrogens with zero attached hydrogens (tertiary/aromatic N) is 2. The predicted octanol–water partition coefficient (Wildman–Crippen LogP) is 3.56. The average Bonchev–Trinajstić information content (AvgIpc) is 3.61. The Morgan fingerprint density at radius 3 is 2.13 bits per heavy atom. The van der Waals surface area contributed by atoms with Gasteiger partial charge in [-0.2, -0.15) is 0 Å². The number of anilines is 1. The largest absolute Gasteiger partial charge is 0.399 e. The van der Waals surface area contributed by atoms with Crippen LogP contribution >= 0.6 is 0 Å². The van der Waals surface area contributed by atoms with Gasteiger partial charge >= 0.3 is 0 Å². The Balaban J connectivity index is 2.11. The normalized spacial score (nSPS) is 20.0. The van der Waals surface area contributed by atoms with Crippen LogP contribution in [-0.4, -0.2) is 123 Å². The fourth-order valence-electron chi connectivity index (χ4n) is 7.60. The zero-order chi connectivity index (χ0) is 40.0. The SMILES string of the molecule is CC[C@H](C)[C@@H]([C@@H](CC(=O)N1CCC[C@H]1[C@H](OC)[C@@H](C)COCN[C@H](C)[C@@H](O)c1ccc(N)cc1)OC)N(C)C(=O)[C@@H](NC(=O)[C@@H](NC)C(C)C)C(C)C. The second-order valence-electron chi connectivity index (χ2n) is 15.6. The number of nitrogens with one attached hydrogen (secondary N) is 3. The van der Waals surface area contributed by atoms with E-state index in [1.54, 1.807) is 45.3 Å². The van der Waals surface area contributed by atoms with Crippen molar-refractivity contribution in [1.29, 1.82) is 0 Å². The van der Waals surface area contributed by atoms with Crippen molar-refractivity contribution in [2.45, 2.75) is 130 Å². The first-order chi connectivity index (χ1) is 25.0. The molecule has 1 fully saturated rings. The molecule has 0 bridgehead atoms. The number of ether oxygens (including phenoxy) is 3. The summed E-state index contributed by atoms with van der Waals surface area (Å²) in [5.41, 5.74) is 7.20. The van der Waals surface area contributed by atoms with Gasteiger partial charge in [0.25, 0.3) is 0 Å². The zero-order valence-corrected chi connectivity index (χ0v) is 34.6. The molecule has 1 aliphatic heterocycles. The molecule has 0 unspecified atom stereocenters. The first kappa shape index (κ1) is 46.3. The van der Waals surface area contributed by atoms with Crippen LogP contribution in [0.3, 0.4) is 0 Å². The highest BCUT2D eigenvalue weighted by Crippen LogP contribution is 2.30. The zero-order valence-electron chi connectivity index (χ0n) is 34.6. The fourth-order valence-corrected chi connectivity index (χ4v) is 7.60. The summed E-state index contributed by atoms with van der Waals surface area (Å²) in [7, 11) is 6.76. The first-order valence-corrected chi connectivity index (χ1v) is 19.5. The lowest BCUT2D eigenvalue weighted by Gasteiger charge is -2.41. The van der Waals surface area contributed by atoms with Crippen LogP contribution in [0.2, 0.25) is 0 Å². The van der Waals surface area contributed by atoms with E-state index in [1.807, 2.05) is 51.7 Å². The summed E-state index contributed by atoms with van der Waals surface area (Å²) in [4.78, 5) is 45.0. The minimum absolute atomic E-state index is 0.0197. The van der Waals surface area contributed by atoms with Crippen molar-refractivity contribution >= 4 is 23.4 Å². The number of nitrogen functional groups attached to an aromatic ring is 1. The number of benzene rings is 1. The van der Waals surface area contributed by atoms with Crippen molar-refractivity contribution in [1.82, 2.24) is 25.8 Å². The molecule has 2 rings (SSSR count). The molecule has 1 heterocycles. The van der Waals surface area contributed by atoms with Crippen molar-refractivity contribution in [2.24, 2.45) is 23.7 Å². The molecule has 10 atom stereocenters. The molecular weight excluding hydrogens is 676 g/mol. The molecule has 6 N–H and O–H groups in total. The molecule has 13 nitrogen and oxygen atoms in total. The average molecular weight is 749 g/mol. The van der Waals surface area contributed by atoms with Crippen molar-refractivity contribution in [3.8, 4) is 0 Å². The third kappa shape index (κ3) is 12.9. The maximum absolute atomic E-state index is 14.1. The van der Waals surface area contributed by atoms with E-state index in [9.17, 15) is 19.5 Å². The predicted molar refractivity (Wildman–Crippen MR) is 210 cm³/mol. The van der Waals surface area contributed by atoms with E-state index >= 15 is 0 Å². The van der Waals surface area contributed by atoms with Crippen LogP contribution in [0.1, 0.15) is 92.7 Å². The molecule has 304 valence electrons. The van der Waals surface area contributed by atoms with Gasteiger partial charge < -0.3 is 45.5 Å². The molecular formula is C40H72N6O7. The molecule has 1 saturated heterocycles. The molecule has 0 radical (unpaired) electrons. The summed E-state index contributed by atoms with van der Waals surface area (Å²) < 4.78 is 18.0. The number of aliphatic hydroxyl groups is 1. The van der Waals surface area contributed by atoms with E-state index in [2.05, 4.69) is 36.7 Å². The molecule has 0 spiro atoms. The lowest BCUT2D eigenvalue weighted by Crippen LogP contribution is -2.59. The number of rotatable bonds is 23. The maximum atomic E-state index is 14.1. The summed E-state index contributed by atoms with van der Waals surface area (Å²) in [5.74, 6) is -0.565. The number of nitrogens with two attached hydrogens (primary N) is 1. The second-order valence-corrected chi connectivity index (χ2v) is 15.6. The molecule has 1 aromatic rings. The Hall–Kier alpha value is -2.81. The van der Waals surface area contributed by atoms with E-state index in [-0.39, 0.29) is 72.7 Å². The first-order valence-electron chi connectivity index (χ1n) is 19.5. The highest BCUT2D eigenvalue weighted by molar-refractivity contribution is 5.90. The maximum Gasteiger partial charge on any atom is 0.245 e. The molecule has 0 aromatic heterocycles. The van der Waals surface area contributed by atoms with Gasteiger partial charge in [-0.25, -0.2) is 0 Å². The highest BCUT2D eigenvalue weighted by atomic mass is 16.5. The van der Waals surface area contributed by atoms with Gasteiger partial charge in [-0.3, -0.25) is 19.7 Å². The van der Waals surface area contributed by atoms with Crippen molar-refractivity contribution in [3.05, 3.63) is 29.8 Å². The smallest absolute Gasteiger partial charge is 0.245 e. The van der Waals surface area contributed by atoms with Crippen LogP contribution in [0, 0.1) is 23.7 Å². The van der Waals surface area contributed by atoms with Gasteiger partial charge in [0, 0.05) is 45.5 Å². The summed E-state index contributed by atoms with van der Waals surface area (Å²) in [6.07, 6.45) is 1.01. The Morgan fingerprint density at radius 2 is 1.60 bits per heavy atom. The van der Waals surface area contributed by atoms with Crippen LogP contribution < -0.4 is 21.7 Å². The minimum atomic E-state index is -0.733. The van der Waals surface area contributed by atoms with Crippen LogP contribution in [0.15, 0.2) is 24.3 Å². The lowest BCUT2D eigenvalue weighted by molar-refractivity contribution is -0.147. The number of methoxy groups -OCH3 is 2. The van der Waals surface area contributed by atoms with Crippen molar-refractivity contribution in [3.63, 3.8) is 0 Å². The fraction of sp³-hybridized carbons (Fsp3) is 0.775. The van der Waals surface area contributed by atoms with E-state index in [4.69, 9.17) is 19.9 Å². The minimum Gasteiger partial charge on any atom is -0.399 e. The van der Waals surface area contributed by atoms with Gasteiger partial charge in [0.05, 0.1) is 56.2 Å². The van der Waals surface area contributed by atoms with Gasteiger partial charge in [0.1, 0.15) is 6.04 Å². The van der Waals surface area contributed by atoms with Crippen LogP contribution in [0.25, 0.3) is 0 Å². The van der Waals surface area contributed by atoms with Crippen LogP contribution in [-0.2, 0) is 28.6 Å². The van der Waals surface area contributed by atoms with Crippen LogP contribution in [0.4, 0.5) is 5.69 Å². The Kier molecular flexibility index (Phi) is 19.7. The van der Waals surface area contributed by atoms with Gasteiger partial charge in [0.15, 0.2) is 0 Å². The Bertz CT molecular complexity index is 1250. The Morgan fingerprint density at radius 1 is 0.981 bits per heavy atom. The number of amides is 3. The molecule has 3 amide bonds. The number of hydrogen-bond acceptors (Lipinski definition) is 10. The van der Waals surface area contributed by atoms with Gasteiger partial charge in [-0.05, 0) is 62.3 Å². The quantitative estimate of drug-likeness (QED) is 0.0635. The van der Waals surface area contributed by atoms with Crippen molar-refractivity contribution in [2.75, 3.05) is 53.9 Å². The molecule has 1 aliphatic rings. The summed E-state index contributed by atoms with van der Waals surface area (Å²) in [6, 6.07) is 5.22. The summed E-state index contributed by atoms with van der Waals surface area (Å²) in [5, 5.41) is 20.0. The molecule has 0 saturated carbocycles. The molecule has 1 aromatic carbocycles. The number of likely N-dealkylation sites (tertiary alicyclic amines) is 1. The number of carbonyl (C=O) groups is 3. The number of aliphatic hydroxyl groups excluding tert-OH is 1. The summed E-state index contributed by atoms with van der Waals surface area (Å²) >= 11 is 0. The van der Waals surface area contributed by atoms with E-state index in [0.29, 0.717) is 18.8 Å². The van der Waals surface area contributed by atoms with E-state index < -0.39 is 30.3 Å². The second kappa shape index (κ2) is 22.5. The number of hydrogen-bond donors (Lipinski definition) is 5. The molecule has 13 heteroatoms. The van der Waals surface area contributed by atoms with Crippen molar-refractivity contribution < 1.29 is 33.7 Å². The lowest BCUT2D eigenvalue weighted by atomic mass is 9.89. The van der Waals surface area contributed by atoms with Crippen LogP contribution in [0.5, 0.6) is 0 Å². The van der Waals surface area contributed by atoms with Gasteiger partial charge in [-0.1, -0.05) is 67.0 Å². The highest BCUT2D eigenvalue weighted by Gasteiger charge is 2.42. The standard InChI is InChI=1S/C40H72N6O7/c1-13-26(6)36(45(10)40(50)35(25(4)5)44-39(49)34(42-9)24(2)3)32(51-11)21-33(47)46-20-14-15-31(46)38(52-12)27(7)22-53-23-43-28(8)37(48)29-16-18-30(41)19-17-29/h16-19,24-28,31-32,34-38,42-43,48H,13-15,20-23,41H2,1-12H3,(H,44,49)/t26-,27-,28+,31-,32+,34-,35-,36-,37+,38+/m0/s1. The monoisotopic (exact) mass is 749 g/mol. The molecule has 0 aliphatic carbocycles. The number of carbonyl (C=O) groups excluding carboxylic acids is 3. The number of likely N-dealkylation sites (N-methyl/N-ethyl adjacent to an activating group) is 2. The summed E-state index contributed by atoms with van der Waals surface area (Å²) in [6.45, 7) is 17.1. The topological polar surface area (TPSA) is 168 Å². The van der Waals surface area contributed by atoms with Gasteiger partial charge in [-0.15, -0.1) is 0 Å². The third-order valence-electron chi connectivity index (χ3n) is 11.0. The third-order valence-corrected chi connectivity index (χ3v) is 11.0. The van der Waals surface area contributed by atoms with E-state index in [0.717, 1.165) is 24.8 Å². The molecule has 53 heavy (non-hydrogen) atoms.